The van der Waals surface area contributed by atoms with Crippen LogP contribution in [0.5, 0.6) is 0 Å². The highest BCUT2D eigenvalue weighted by atomic mass is 16.5. The third-order valence-electron chi connectivity index (χ3n) is 6.16. The van der Waals surface area contributed by atoms with Crippen LogP contribution in [-0.4, -0.2) is 61.5 Å². The summed E-state index contributed by atoms with van der Waals surface area (Å²) in [7, 11) is 1.66. The molecule has 2 aliphatic heterocycles. The second-order valence-electron chi connectivity index (χ2n) is 7.77. The number of hydrogen-bond acceptors (Lipinski definition) is 3. The van der Waals surface area contributed by atoms with E-state index in [1.54, 1.807) is 7.11 Å². The lowest BCUT2D eigenvalue weighted by molar-refractivity contribution is -0.135. The number of amides is 2. The van der Waals surface area contributed by atoms with E-state index < -0.39 is 0 Å². The Bertz CT molecular complexity index is 648. The van der Waals surface area contributed by atoms with E-state index in [2.05, 4.69) is 6.92 Å². The van der Waals surface area contributed by atoms with Crippen LogP contribution in [-0.2, 0) is 20.7 Å². The minimum absolute atomic E-state index is 0.0380. The van der Waals surface area contributed by atoms with Gasteiger partial charge in [-0.15, -0.1) is 0 Å². The molecule has 142 valence electrons. The molecule has 1 atom stereocenters. The minimum Gasteiger partial charge on any atom is -0.384 e. The van der Waals surface area contributed by atoms with Crippen molar-refractivity contribution < 1.29 is 14.3 Å². The van der Waals surface area contributed by atoms with Crippen molar-refractivity contribution in [3.8, 4) is 0 Å². The first-order valence-electron chi connectivity index (χ1n) is 9.60. The first-order valence-corrected chi connectivity index (χ1v) is 9.60. The van der Waals surface area contributed by atoms with Gasteiger partial charge in [0.2, 0.25) is 11.8 Å². The molecule has 1 aromatic rings. The van der Waals surface area contributed by atoms with E-state index in [0.29, 0.717) is 13.0 Å². The SMILES string of the molecule is CCN1CC2(CCN(C(=O)Cc3ccc(C)cc3)CC2)[C@@H](COC)C1=O. The highest BCUT2D eigenvalue weighted by molar-refractivity contribution is 5.83. The van der Waals surface area contributed by atoms with Gasteiger partial charge in [0.25, 0.3) is 0 Å². The van der Waals surface area contributed by atoms with Crippen molar-refractivity contribution in [2.75, 3.05) is 39.9 Å². The number of aryl methyl sites for hydroxylation is 1. The van der Waals surface area contributed by atoms with Crippen molar-refractivity contribution in [3.63, 3.8) is 0 Å². The number of ether oxygens (including phenoxy) is 1. The Balaban J connectivity index is 1.63. The van der Waals surface area contributed by atoms with Gasteiger partial charge in [-0.25, -0.2) is 0 Å². The van der Waals surface area contributed by atoms with Crippen molar-refractivity contribution in [2.45, 2.75) is 33.1 Å². The summed E-state index contributed by atoms with van der Waals surface area (Å²) < 4.78 is 5.35. The normalized spacial score (nSPS) is 22.3. The van der Waals surface area contributed by atoms with Crippen molar-refractivity contribution >= 4 is 11.8 Å². The maximum atomic E-state index is 12.7. The van der Waals surface area contributed by atoms with Crippen molar-refractivity contribution in [1.82, 2.24) is 9.80 Å². The molecule has 3 rings (SSSR count). The summed E-state index contributed by atoms with van der Waals surface area (Å²) in [6, 6.07) is 8.16. The van der Waals surface area contributed by atoms with Crippen LogP contribution in [0.25, 0.3) is 0 Å². The molecule has 0 N–H and O–H groups in total. The van der Waals surface area contributed by atoms with Crippen LogP contribution < -0.4 is 0 Å². The summed E-state index contributed by atoms with van der Waals surface area (Å²) in [6.45, 7) is 7.57. The first-order chi connectivity index (χ1) is 12.5. The number of hydrogen-bond donors (Lipinski definition) is 0. The number of nitrogens with zero attached hydrogens (tertiary/aromatic N) is 2. The van der Waals surface area contributed by atoms with Gasteiger partial charge in [-0.1, -0.05) is 29.8 Å². The predicted octanol–water partition coefficient (Wildman–Crippen LogP) is 2.27. The number of carbonyl (C=O) groups excluding carboxylic acids is 2. The molecule has 2 amide bonds. The molecule has 0 unspecified atom stereocenters. The van der Waals surface area contributed by atoms with Gasteiger partial charge in [0.05, 0.1) is 18.9 Å². The fourth-order valence-corrected chi connectivity index (χ4v) is 4.43. The number of benzene rings is 1. The Labute approximate surface area is 156 Å². The van der Waals surface area contributed by atoms with Crippen LogP contribution in [0.4, 0.5) is 0 Å². The summed E-state index contributed by atoms with van der Waals surface area (Å²) in [5.74, 6) is 0.333. The van der Waals surface area contributed by atoms with E-state index in [4.69, 9.17) is 4.74 Å². The molecule has 5 nitrogen and oxygen atoms in total. The fourth-order valence-electron chi connectivity index (χ4n) is 4.43. The van der Waals surface area contributed by atoms with E-state index in [0.717, 1.165) is 44.6 Å². The zero-order chi connectivity index (χ0) is 18.7. The quantitative estimate of drug-likeness (QED) is 0.811. The lowest BCUT2D eigenvalue weighted by atomic mass is 9.71. The molecule has 1 spiro atoms. The van der Waals surface area contributed by atoms with Gasteiger partial charge in [0.15, 0.2) is 0 Å². The molecule has 1 aromatic carbocycles. The first kappa shape index (κ1) is 18.9. The molecule has 5 heteroatoms. The van der Waals surface area contributed by atoms with E-state index in [-0.39, 0.29) is 23.1 Å². The second kappa shape index (κ2) is 7.78. The summed E-state index contributed by atoms with van der Waals surface area (Å²) in [5, 5.41) is 0. The van der Waals surface area contributed by atoms with E-state index in [1.165, 1.54) is 5.56 Å². The van der Waals surface area contributed by atoms with Gasteiger partial charge in [-0.05, 0) is 32.3 Å². The van der Waals surface area contributed by atoms with E-state index in [9.17, 15) is 9.59 Å². The van der Waals surface area contributed by atoms with Gasteiger partial charge in [0.1, 0.15) is 0 Å². The van der Waals surface area contributed by atoms with Crippen LogP contribution in [0, 0.1) is 18.3 Å². The largest absolute Gasteiger partial charge is 0.384 e. The lowest BCUT2D eigenvalue weighted by Gasteiger charge is -2.41. The molecular weight excluding hydrogens is 328 g/mol. The van der Waals surface area contributed by atoms with E-state index >= 15 is 0 Å². The zero-order valence-electron chi connectivity index (χ0n) is 16.2. The van der Waals surface area contributed by atoms with Crippen LogP contribution in [0.2, 0.25) is 0 Å². The molecule has 2 aliphatic rings. The van der Waals surface area contributed by atoms with Gasteiger partial charge < -0.3 is 14.5 Å². The van der Waals surface area contributed by atoms with Crippen molar-refractivity contribution in [1.29, 1.82) is 0 Å². The molecule has 2 fully saturated rings. The molecule has 2 saturated heterocycles. The maximum Gasteiger partial charge on any atom is 0.228 e. The molecular formula is C21H30N2O3. The number of likely N-dealkylation sites (tertiary alicyclic amines) is 2. The second-order valence-corrected chi connectivity index (χ2v) is 7.77. The molecule has 0 radical (unpaired) electrons. The third-order valence-corrected chi connectivity index (χ3v) is 6.16. The van der Waals surface area contributed by atoms with Crippen LogP contribution in [0.1, 0.15) is 30.9 Å². The zero-order valence-corrected chi connectivity index (χ0v) is 16.2. The van der Waals surface area contributed by atoms with Crippen molar-refractivity contribution in [3.05, 3.63) is 35.4 Å². The Morgan fingerprint density at radius 1 is 1.23 bits per heavy atom. The van der Waals surface area contributed by atoms with Gasteiger partial charge in [0, 0.05) is 38.7 Å². The average molecular weight is 358 g/mol. The summed E-state index contributed by atoms with van der Waals surface area (Å²) in [6.07, 6.45) is 2.21. The van der Waals surface area contributed by atoms with Crippen molar-refractivity contribution in [2.24, 2.45) is 11.3 Å². The third kappa shape index (κ3) is 3.63. The Morgan fingerprint density at radius 3 is 2.46 bits per heavy atom. The standard InChI is InChI=1S/C21H30N2O3/c1-4-22-15-21(18(14-26-3)20(22)25)9-11-23(12-10-21)19(24)13-17-7-5-16(2)6-8-17/h5-8,18H,4,9-15H2,1-3H3/t18-/m0/s1. The van der Waals surface area contributed by atoms with E-state index in [1.807, 2.05) is 41.0 Å². The number of carbonyl (C=O) groups is 2. The molecule has 0 aliphatic carbocycles. The number of piperidine rings is 1. The molecule has 0 saturated carbocycles. The van der Waals surface area contributed by atoms with Crippen LogP contribution >= 0.6 is 0 Å². The fraction of sp³-hybridized carbons (Fsp3) is 0.619. The monoisotopic (exact) mass is 358 g/mol. The topological polar surface area (TPSA) is 49.9 Å². The van der Waals surface area contributed by atoms with Crippen LogP contribution in [0.3, 0.4) is 0 Å². The Kier molecular flexibility index (Phi) is 5.66. The molecule has 26 heavy (non-hydrogen) atoms. The number of rotatable bonds is 5. The smallest absolute Gasteiger partial charge is 0.228 e. The van der Waals surface area contributed by atoms with Gasteiger partial charge >= 0.3 is 0 Å². The Morgan fingerprint density at radius 2 is 1.88 bits per heavy atom. The molecule has 0 bridgehead atoms. The summed E-state index contributed by atoms with van der Waals surface area (Å²) in [4.78, 5) is 29.2. The molecule has 2 heterocycles. The predicted molar refractivity (Wildman–Crippen MR) is 101 cm³/mol. The molecule has 0 aromatic heterocycles. The van der Waals surface area contributed by atoms with Gasteiger partial charge in [-0.2, -0.15) is 0 Å². The Hall–Kier alpha value is -1.88. The maximum absolute atomic E-state index is 12.7. The lowest BCUT2D eigenvalue weighted by Crippen LogP contribution is -2.47. The minimum atomic E-state index is -0.0678. The number of methoxy groups -OCH3 is 1. The summed E-state index contributed by atoms with van der Waals surface area (Å²) in [5.41, 5.74) is 2.23. The van der Waals surface area contributed by atoms with Gasteiger partial charge in [-0.3, -0.25) is 9.59 Å². The summed E-state index contributed by atoms with van der Waals surface area (Å²) >= 11 is 0. The van der Waals surface area contributed by atoms with Crippen LogP contribution in [0.15, 0.2) is 24.3 Å². The highest BCUT2D eigenvalue weighted by Crippen LogP contribution is 2.45. The average Bonchev–Trinajstić information content (AvgIpc) is 2.90. The highest BCUT2D eigenvalue weighted by Gasteiger charge is 2.52.